The van der Waals surface area contributed by atoms with E-state index in [-0.39, 0.29) is 5.91 Å². The Morgan fingerprint density at radius 1 is 1.04 bits per heavy atom. The van der Waals surface area contributed by atoms with Crippen molar-refractivity contribution in [2.75, 3.05) is 12.1 Å². The molecule has 1 aromatic heterocycles. The van der Waals surface area contributed by atoms with Gasteiger partial charge in [-0.2, -0.15) is 10.1 Å². The number of carbonyl (C=O) groups excluding carboxylic acids is 1. The number of aryl methyl sites for hydroxylation is 1. The predicted octanol–water partition coefficient (Wildman–Crippen LogP) is 4.93. The fourth-order valence-corrected chi connectivity index (χ4v) is 3.68. The normalized spacial score (nSPS) is 15.2. The van der Waals surface area contributed by atoms with Crippen molar-refractivity contribution in [3.8, 4) is 17.0 Å². The van der Waals surface area contributed by atoms with Gasteiger partial charge in [0, 0.05) is 10.9 Å². The smallest absolute Gasteiger partial charge is 0.282 e. The van der Waals surface area contributed by atoms with Crippen LogP contribution in [-0.4, -0.2) is 23.7 Å². The lowest BCUT2D eigenvalue weighted by molar-refractivity contribution is -0.114. The Hall–Kier alpha value is -3.25. The molecule has 4 rings (SSSR count). The van der Waals surface area contributed by atoms with Crippen molar-refractivity contribution in [3.63, 3.8) is 0 Å². The van der Waals surface area contributed by atoms with Crippen molar-refractivity contribution in [1.29, 1.82) is 0 Å². The van der Waals surface area contributed by atoms with E-state index in [2.05, 4.69) is 10.1 Å². The van der Waals surface area contributed by atoms with Crippen molar-refractivity contribution < 1.29 is 9.53 Å². The molecule has 1 aliphatic rings. The second-order valence-corrected chi connectivity index (χ2v) is 7.35. The van der Waals surface area contributed by atoms with E-state index >= 15 is 0 Å². The maximum atomic E-state index is 12.9. The van der Waals surface area contributed by atoms with Crippen LogP contribution in [0.1, 0.15) is 18.1 Å². The summed E-state index contributed by atoms with van der Waals surface area (Å²) >= 11 is 1.41. The molecule has 0 saturated carbocycles. The summed E-state index contributed by atoms with van der Waals surface area (Å²) in [5.41, 5.74) is 5.22. The molecule has 0 aliphatic carbocycles. The predicted molar refractivity (Wildman–Crippen MR) is 114 cm³/mol. The third kappa shape index (κ3) is 3.46. The van der Waals surface area contributed by atoms with E-state index in [4.69, 9.17) is 4.74 Å². The third-order valence-corrected chi connectivity index (χ3v) is 5.33. The number of methoxy groups -OCH3 is 1. The summed E-state index contributed by atoms with van der Waals surface area (Å²) in [5.74, 6) is 0.608. The first-order valence-corrected chi connectivity index (χ1v) is 9.71. The number of benzene rings is 2. The molecule has 0 atom stereocenters. The van der Waals surface area contributed by atoms with Crippen LogP contribution in [0.4, 0.5) is 5.13 Å². The van der Waals surface area contributed by atoms with Gasteiger partial charge in [-0.3, -0.25) is 4.79 Å². The van der Waals surface area contributed by atoms with Gasteiger partial charge in [0.1, 0.15) is 5.75 Å². The molecular weight excluding hydrogens is 370 g/mol. The van der Waals surface area contributed by atoms with Gasteiger partial charge in [0.15, 0.2) is 0 Å². The van der Waals surface area contributed by atoms with E-state index in [0.717, 1.165) is 22.6 Å². The van der Waals surface area contributed by atoms with Gasteiger partial charge in [-0.15, -0.1) is 11.3 Å². The molecule has 0 bridgehead atoms. The Morgan fingerprint density at radius 2 is 1.75 bits per heavy atom. The summed E-state index contributed by atoms with van der Waals surface area (Å²) < 4.78 is 5.18. The summed E-state index contributed by atoms with van der Waals surface area (Å²) in [7, 11) is 1.63. The molecule has 28 heavy (non-hydrogen) atoms. The van der Waals surface area contributed by atoms with Crippen LogP contribution in [0.5, 0.6) is 5.75 Å². The number of rotatable bonds is 4. The first-order chi connectivity index (χ1) is 13.5. The summed E-state index contributed by atoms with van der Waals surface area (Å²) in [6, 6.07) is 15.7. The molecule has 6 heteroatoms. The number of hydrogen-bond donors (Lipinski definition) is 0. The number of aromatic nitrogens is 1. The van der Waals surface area contributed by atoms with Crippen LogP contribution in [0.25, 0.3) is 17.3 Å². The lowest BCUT2D eigenvalue weighted by Gasteiger charge is -2.07. The maximum absolute atomic E-state index is 12.9. The van der Waals surface area contributed by atoms with Gasteiger partial charge in [0.05, 0.1) is 24.1 Å². The monoisotopic (exact) mass is 389 g/mol. The third-order valence-electron chi connectivity index (χ3n) is 4.51. The van der Waals surface area contributed by atoms with Gasteiger partial charge in [-0.1, -0.05) is 42.0 Å². The van der Waals surface area contributed by atoms with Gasteiger partial charge in [0.25, 0.3) is 5.91 Å². The number of amides is 1. The Kier molecular flexibility index (Phi) is 4.79. The van der Waals surface area contributed by atoms with Crippen LogP contribution >= 0.6 is 11.3 Å². The molecule has 0 saturated heterocycles. The number of ether oxygens (including phenoxy) is 1. The zero-order valence-electron chi connectivity index (χ0n) is 15.8. The molecule has 0 N–H and O–H groups in total. The van der Waals surface area contributed by atoms with Crippen LogP contribution in [-0.2, 0) is 4.79 Å². The average molecular weight is 389 g/mol. The molecule has 140 valence electrons. The van der Waals surface area contributed by atoms with E-state index in [9.17, 15) is 4.79 Å². The molecule has 2 heterocycles. The molecule has 0 unspecified atom stereocenters. The maximum Gasteiger partial charge on any atom is 0.282 e. The number of hydrogen-bond acceptors (Lipinski definition) is 5. The second-order valence-electron chi connectivity index (χ2n) is 6.51. The first kappa shape index (κ1) is 18.1. The minimum atomic E-state index is -0.168. The second kappa shape index (κ2) is 7.40. The van der Waals surface area contributed by atoms with Crippen molar-refractivity contribution in [3.05, 3.63) is 70.6 Å². The van der Waals surface area contributed by atoms with Gasteiger partial charge in [0.2, 0.25) is 5.13 Å². The molecule has 5 nitrogen and oxygen atoms in total. The van der Waals surface area contributed by atoms with Gasteiger partial charge in [-0.05, 0) is 37.6 Å². The van der Waals surface area contributed by atoms with E-state index in [1.165, 1.54) is 21.9 Å². The zero-order chi connectivity index (χ0) is 19.7. The Balaban J connectivity index is 1.59. The minimum Gasteiger partial charge on any atom is -0.497 e. The fourth-order valence-electron chi connectivity index (χ4n) is 2.90. The van der Waals surface area contributed by atoms with E-state index in [1.807, 2.05) is 73.8 Å². The van der Waals surface area contributed by atoms with E-state index < -0.39 is 0 Å². The number of carbonyl (C=O) groups is 1. The lowest BCUT2D eigenvalue weighted by atomic mass is 10.1. The van der Waals surface area contributed by atoms with Crippen LogP contribution in [0.2, 0.25) is 0 Å². The SMILES string of the molecule is COc1ccc(/C=C2\C(=O)N(c3nc(-c4ccc(C)cc4)cs3)N=C2C)cc1. The standard InChI is InChI=1S/C22H19N3O2S/c1-14-4-8-17(9-5-14)20-13-28-22(23-20)25-21(26)19(15(2)24-25)12-16-6-10-18(27-3)11-7-16/h4-13H,1-3H3/b19-12-. The summed E-state index contributed by atoms with van der Waals surface area (Å²) in [5, 5.41) is 8.32. The topological polar surface area (TPSA) is 54.8 Å². The number of nitrogens with zero attached hydrogens (tertiary/aromatic N) is 3. The highest BCUT2D eigenvalue weighted by Crippen LogP contribution is 2.31. The molecular formula is C22H19N3O2S. The zero-order valence-corrected chi connectivity index (χ0v) is 16.7. The van der Waals surface area contributed by atoms with Crippen molar-refractivity contribution in [1.82, 2.24) is 4.98 Å². The minimum absolute atomic E-state index is 0.168. The number of anilines is 1. The number of hydrazone groups is 1. The summed E-state index contributed by atoms with van der Waals surface area (Å²) in [6.07, 6.45) is 1.84. The molecule has 3 aromatic rings. The van der Waals surface area contributed by atoms with E-state index in [1.54, 1.807) is 7.11 Å². The van der Waals surface area contributed by atoms with Crippen molar-refractivity contribution in [2.45, 2.75) is 13.8 Å². The number of thiazole rings is 1. The molecule has 0 fully saturated rings. The van der Waals surface area contributed by atoms with Crippen molar-refractivity contribution in [2.24, 2.45) is 5.10 Å². The highest BCUT2D eigenvalue weighted by atomic mass is 32.1. The molecule has 1 aliphatic heterocycles. The molecule has 2 aromatic carbocycles. The van der Waals surface area contributed by atoms with Crippen LogP contribution < -0.4 is 9.75 Å². The average Bonchev–Trinajstić information content (AvgIpc) is 3.30. The summed E-state index contributed by atoms with van der Waals surface area (Å²) in [6.45, 7) is 3.88. The van der Waals surface area contributed by atoms with Crippen LogP contribution in [0.15, 0.2) is 64.6 Å². The van der Waals surface area contributed by atoms with Gasteiger partial charge >= 0.3 is 0 Å². The molecule has 0 radical (unpaired) electrons. The Bertz CT molecular complexity index is 1080. The quantitative estimate of drug-likeness (QED) is 0.594. The molecule has 1 amide bonds. The van der Waals surface area contributed by atoms with Gasteiger partial charge < -0.3 is 4.74 Å². The molecule has 0 spiro atoms. The van der Waals surface area contributed by atoms with Crippen LogP contribution in [0, 0.1) is 6.92 Å². The van der Waals surface area contributed by atoms with Crippen LogP contribution in [0.3, 0.4) is 0 Å². The highest BCUT2D eigenvalue weighted by molar-refractivity contribution is 7.14. The Labute approximate surface area is 167 Å². The van der Waals surface area contributed by atoms with Crippen molar-refractivity contribution >= 4 is 34.2 Å². The first-order valence-electron chi connectivity index (χ1n) is 8.83. The fraction of sp³-hybridized carbons (Fsp3) is 0.136. The summed E-state index contributed by atoms with van der Waals surface area (Å²) in [4.78, 5) is 17.5. The highest BCUT2D eigenvalue weighted by Gasteiger charge is 2.30. The van der Waals surface area contributed by atoms with E-state index in [0.29, 0.717) is 16.4 Å². The Morgan fingerprint density at radius 3 is 2.43 bits per heavy atom. The lowest BCUT2D eigenvalue weighted by Crippen LogP contribution is -2.21. The van der Waals surface area contributed by atoms with Gasteiger partial charge in [-0.25, -0.2) is 4.98 Å². The largest absolute Gasteiger partial charge is 0.497 e.